The molecule has 1 atom stereocenters. The third-order valence-electron chi connectivity index (χ3n) is 4.32. The first-order chi connectivity index (χ1) is 9.22. The van der Waals surface area contributed by atoms with Crippen LogP contribution in [-0.2, 0) is 6.54 Å². The number of likely N-dealkylation sites (tertiary alicyclic amines) is 2. The Morgan fingerprint density at radius 1 is 1.21 bits per heavy atom. The minimum absolute atomic E-state index is 0.168. The molecule has 0 radical (unpaired) electrons. The molecule has 2 saturated heterocycles. The minimum Gasteiger partial charge on any atom is -0.506 e. The van der Waals surface area contributed by atoms with E-state index in [2.05, 4.69) is 9.80 Å². The van der Waals surface area contributed by atoms with Gasteiger partial charge in [-0.05, 0) is 50.0 Å². The van der Waals surface area contributed by atoms with E-state index in [1.807, 2.05) is 12.1 Å². The van der Waals surface area contributed by atoms with Gasteiger partial charge >= 0.3 is 0 Å². The highest BCUT2D eigenvalue weighted by atomic mass is 35.5. The van der Waals surface area contributed by atoms with Gasteiger partial charge in [-0.25, -0.2) is 0 Å². The third-order valence-corrected chi connectivity index (χ3v) is 4.63. The molecule has 2 aliphatic rings. The lowest BCUT2D eigenvalue weighted by molar-refractivity contribution is 0.230. The summed E-state index contributed by atoms with van der Waals surface area (Å²) in [6.07, 6.45) is 4.01. The molecule has 0 aromatic heterocycles. The van der Waals surface area contributed by atoms with Crippen LogP contribution in [0.2, 0.25) is 5.02 Å². The molecule has 104 valence electrons. The number of phenolic OH excluding ortho intramolecular Hbond substituents is 1. The van der Waals surface area contributed by atoms with E-state index in [9.17, 15) is 5.11 Å². The first-order valence-corrected chi connectivity index (χ1v) is 7.54. The topological polar surface area (TPSA) is 26.7 Å². The summed E-state index contributed by atoms with van der Waals surface area (Å²) in [6, 6.07) is 6.27. The highest BCUT2D eigenvalue weighted by Crippen LogP contribution is 2.26. The highest BCUT2D eigenvalue weighted by Gasteiger charge is 2.28. The van der Waals surface area contributed by atoms with Crippen molar-refractivity contribution in [2.24, 2.45) is 0 Å². The molecule has 0 bridgehead atoms. The maximum Gasteiger partial charge on any atom is 0.134 e. The lowest BCUT2D eigenvalue weighted by Crippen LogP contribution is -2.35. The van der Waals surface area contributed by atoms with Crippen molar-refractivity contribution in [1.29, 1.82) is 0 Å². The number of aromatic hydroxyl groups is 1. The number of hydrogen-bond acceptors (Lipinski definition) is 3. The van der Waals surface area contributed by atoms with E-state index in [0.29, 0.717) is 5.02 Å². The van der Waals surface area contributed by atoms with Gasteiger partial charge in [0.15, 0.2) is 0 Å². The molecule has 3 nitrogen and oxygen atoms in total. The van der Waals surface area contributed by atoms with Crippen LogP contribution in [0, 0.1) is 0 Å². The van der Waals surface area contributed by atoms with Crippen LogP contribution in [0.15, 0.2) is 18.2 Å². The average molecular weight is 281 g/mol. The summed E-state index contributed by atoms with van der Waals surface area (Å²) >= 11 is 5.95. The van der Waals surface area contributed by atoms with Crippen LogP contribution >= 0.6 is 11.6 Å². The van der Waals surface area contributed by atoms with Crippen molar-refractivity contribution in [3.63, 3.8) is 0 Å². The molecule has 0 amide bonds. The second-order valence-electron chi connectivity index (χ2n) is 5.71. The van der Waals surface area contributed by atoms with Crippen molar-refractivity contribution in [3.05, 3.63) is 28.8 Å². The fourth-order valence-electron chi connectivity index (χ4n) is 3.27. The van der Waals surface area contributed by atoms with Crippen molar-refractivity contribution < 1.29 is 5.11 Å². The van der Waals surface area contributed by atoms with Gasteiger partial charge in [0.05, 0.1) is 5.02 Å². The minimum atomic E-state index is 0.168. The van der Waals surface area contributed by atoms with Gasteiger partial charge in [0.1, 0.15) is 5.75 Å². The average Bonchev–Trinajstić information content (AvgIpc) is 3.04. The maximum atomic E-state index is 9.44. The summed E-state index contributed by atoms with van der Waals surface area (Å²) in [5.74, 6) is 0.168. The zero-order chi connectivity index (χ0) is 13.2. The quantitative estimate of drug-likeness (QED) is 0.922. The first-order valence-electron chi connectivity index (χ1n) is 7.16. The molecule has 1 aromatic carbocycles. The molecule has 1 unspecified atom stereocenters. The molecular weight excluding hydrogens is 260 g/mol. The monoisotopic (exact) mass is 280 g/mol. The van der Waals surface area contributed by atoms with Crippen molar-refractivity contribution in [3.8, 4) is 5.75 Å². The number of rotatable bonds is 3. The van der Waals surface area contributed by atoms with Gasteiger partial charge in [-0.2, -0.15) is 0 Å². The summed E-state index contributed by atoms with van der Waals surface area (Å²) in [4.78, 5) is 5.13. The van der Waals surface area contributed by atoms with Crippen LogP contribution in [0.4, 0.5) is 0 Å². The molecule has 1 N–H and O–H groups in total. The normalized spacial score (nSPS) is 25.2. The van der Waals surface area contributed by atoms with Crippen LogP contribution in [0.1, 0.15) is 24.8 Å². The third kappa shape index (κ3) is 3.04. The first kappa shape index (κ1) is 13.2. The summed E-state index contributed by atoms with van der Waals surface area (Å²) in [5.41, 5.74) is 1.19. The van der Waals surface area contributed by atoms with E-state index in [1.54, 1.807) is 6.07 Å². The molecule has 1 aromatic rings. The predicted octanol–water partition coefficient (Wildman–Crippen LogP) is 2.72. The number of halogens is 1. The van der Waals surface area contributed by atoms with Crippen molar-refractivity contribution in [2.45, 2.75) is 31.8 Å². The Balaban J connectivity index is 1.57. The summed E-state index contributed by atoms with van der Waals surface area (Å²) in [6.45, 7) is 5.83. The number of benzene rings is 1. The Morgan fingerprint density at radius 2 is 2.00 bits per heavy atom. The number of nitrogens with zero attached hydrogens (tertiary/aromatic N) is 2. The Labute approximate surface area is 119 Å². The summed E-state index contributed by atoms with van der Waals surface area (Å²) in [5, 5.41) is 9.89. The van der Waals surface area contributed by atoms with E-state index in [0.717, 1.165) is 12.6 Å². The zero-order valence-electron chi connectivity index (χ0n) is 11.2. The van der Waals surface area contributed by atoms with Gasteiger partial charge in [0, 0.05) is 25.7 Å². The molecule has 2 heterocycles. The van der Waals surface area contributed by atoms with E-state index < -0.39 is 0 Å². The summed E-state index contributed by atoms with van der Waals surface area (Å²) < 4.78 is 0. The van der Waals surface area contributed by atoms with Crippen LogP contribution in [-0.4, -0.2) is 47.1 Å². The van der Waals surface area contributed by atoms with Crippen LogP contribution in [0.25, 0.3) is 0 Å². The largest absolute Gasteiger partial charge is 0.506 e. The molecule has 0 spiro atoms. The van der Waals surface area contributed by atoms with Gasteiger partial charge in [0.25, 0.3) is 0 Å². The van der Waals surface area contributed by atoms with Gasteiger partial charge in [-0.15, -0.1) is 0 Å². The second kappa shape index (κ2) is 5.70. The molecule has 0 saturated carbocycles. The van der Waals surface area contributed by atoms with Crippen molar-refractivity contribution >= 4 is 11.6 Å². The fourth-order valence-corrected chi connectivity index (χ4v) is 3.47. The van der Waals surface area contributed by atoms with Crippen LogP contribution < -0.4 is 0 Å². The smallest absolute Gasteiger partial charge is 0.134 e. The molecule has 4 heteroatoms. The second-order valence-corrected chi connectivity index (χ2v) is 6.11. The van der Waals surface area contributed by atoms with Gasteiger partial charge in [-0.3, -0.25) is 9.80 Å². The molecule has 3 rings (SSSR count). The Kier molecular flexibility index (Phi) is 3.96. The predicted molar refractivity (Wildman–Crippen MR) is 77.6 cm³/mol. The molecule has 0 aliphatic carbocycles. The van der Waals surface area contributed by atoms with Crippen LogP contribution in [0.3, 0.4) is 0 Å². The Morgan fingerprint density at radius 3 is 2.74 bits per heavy atom. The molecule has 2 aliphatic heterocycles. The van der Waals surface area contributed by atoms with Gasteiger partial charge in [0.2, 0.25) is 0 Å². The highest BCUT2D eigenvalue weighted by molar-refractivity contribution is 6.32. The van der Waals surface area contributed by atoms with Gasteiger partial charge in [-0.1, -0.05) is 17.7 Å². The Hall–Kier alpha value is -0.770. The maximum absolute atomic E-state index is 9.44. The molecule has 2 fully saturated rings. The van der Waals surface area contributed by atoms with E-state index in [4.69, 9.17) is 11.6 Å². The van der Waals surface area contributed by atoms with Gasteiger partial charge < -0.3 is 5.11 Å². The number of hydrogen-bond donors (Lipinski definition) is 1. The van der Waals surface area contributed by atoms with Crippen LogP contribution in [0.5, 0.6) is 5.75 Å². The lowest BCUT2D eigenvalue weighted by Gasteiger charge is -2.23. The van der Waals surface area contributed by atoms with E-state index in [1.165, 1.54) is 51.0 Å². The van der Waals surface area contributed by atoms with Crippen molar-refractivity contribution in [2.75, 3.05) is 26.2 Å². The lowest BCUT2D eigenvalue weighted by atomic mass is 10.2. The molecular formula is C15H21ClN2O. The SMILES string of the molecule is Oc1ccc(CN2CCC(N3CCCC3)C2)cc1Cl. The van der Waals surface area contributed by atoms with E-state index >= 15 is 0 Å². The van der Waals surface area contributed by atoms with E-state index in [-0.39, 0.29) is 5.75 Å². The fraction of sp³-hybridized carbons (Fsp3) is 0.600. The standard InChI is InChI=1S/C15H21ClN2O/c16-14-9-12(3-4-15(14)19)10-17-8-5-13(11-17)18-6-1-2-7-18/h3-4,9,13,19H,1-2,5-8,10-11H2. The summed E-state index contributed by atoms with van der Waals surface area (Å²) in [7, 11) is 0. The zero-order valence-corrected chi connectivity index (χ0v) is 11.9. The van der Waals surface area contributed by atoms with Crippen molar-refractivity contribution in [1.82, 2.24) is 9.80 Å². The molecule has 19 heavy (non-hydrogen) atoms. The Bertz CT molecular complexity index is 446. The number of phenols is 1.